The van der Waals surface area contributed by atoms with E-state index in [0.717, 1.165) is 12.8 Å². The number of carboxylic acid groups (broad SMARTS) is 1. The summed E-state index contributed by atoms with van der Waals surface area (Å²) in [7, 11) is 0. The Bertz CT molecular complexity index is 532. The number of nitrogens with one attached hydrogen (secondary N) is 2. The Morgan fingerprint density at radius 2 is 2.19 bits per heavy atom. The monoisotopic (exact) mass is 292 g/mol. The van der Waals surface area contributed by atoms with Gasteiger partial charge in [-0.15, -0.1) is 10.2 Å². The van der Waals surface area contributed by atoms with Crippen molar-refractivity contribution in [3.8, 4) is 0 Å². The van der Waals surface area contributed by atoms with Crippen molar-refractivity contribution in [2.45, 2.75) is 39.2 Å². The molecular weight excluding hydrogens is 272 g/mol. The number of amides is 1. The second-order valence-electron chi connectivity index (χ2n) is 5.48. The molecule has 21 heavy (non-hydrogen) atoms. The first-order valence-electron chi connectivity index (χ1n) is 7.09. The predicted octanol–water partition coefficient (Wildman–Crippen LogP) is 1.28. The van der Waals surface area contributed by atoms with Gasteiger partial charge < -0.3 is 15.7 Å². The maximum absolute atomic E-state index is 11.6. The lowest BCUT2D eigenvalue weighted by Crippen LogP contribution is -2.40. The van der Waals surface area contributed by atoms with E-state index in [0.29, 0.717) is 18.8 Å². The minimum Gasteiger partial charge on any atom is -0.481 e. The van der Waals surface area contributed by atoms with Crippen molar-refractivity contribution in [3.05, 3.63) is 17.8 Å². The molecule has 7 heteroatoms. The third-order valence-electron chi connectivity index (χ3n) is 4.00. The lowest BCUT2D eigenvalue weighted by atomic mass is 9.85. The number of hydrogen-bond donors (Lipinski definition) is 3. The van der Waals surface area contributed by atoms with Crippen LogP contribution >= 0.6 is 0 Å². The Hall–Kier alpha value is -2.18. The number of rotatable bonds is 5. The number of aliphatic carboxylic acids is 1. The van der Waals surface area contributed by atoms with Crippen LogP contribution in [0.25, 0.3) is 0 Å². The van der Waals surface area contributed by atoms with E-state index in [1.807, 2.05) is 6.92 Å². The highest BCUT2D eigenvalue weighted by molar-refractivity contribution is 5.92. The van der Waals surface area contributed by atoms with Gasteiger partial charge in [0.05, 0.1) is 5.41 Å². The Balaban J connectivity index is 2.07. The molecule has 1 aliphatic carbocycles. The molecule has 0 radical (unpaired) electrons. The third-order valence-corrected chi connectivity index (χ3v) is 4.00. The summed E-state index contributed by atoms with van der Waals surface area (Å²) in [4.78, 5) is 23.0. The van der Waals surface area contributed by atoms with Crippen LogP contribution in [0.5, 0.6) is 0 Å². The van der Waals surface area contributed by atoms with E-state index < -0.39 is 11.4 Å². The molecule has 0 aromatic carbocycles. The molecule has 114 valence electrons. The molecule has 3 N–H and O–H groups in total. The molecule has 0 saturated heterocycles. The van der Waals surface area contributed by atoms with Crippen molar-refractivity contribution in [1.82, 2.24) is 15.5 Å². The normalized spacial score (nSPS) is 24.6. The summed E-state index contributed by atoms with van der Waals surface area (Å²) in [5.41, 5.74) is -0.547. The third kappa shape index (κ3) is 3.12. The summed E-state index contributed by atoms with van der Waals surface area (Å²) in [6.45, 7) is 4.10. The van der Waals surface area contributed by atoms with Gasteiger partial charge in [0.25, 0.3) is 5.91 Å². The van der Waals surface area contributed by atoms with Crippen molar-refractivity contribution in [2.75, 3.05) is 11.9 Å². The molecule has 1 saturated carbocycles. The van der Waals surface area contributed by atoms with E-state index in [9.17, 15) is 14.7 Å². The second kappa shape index (κ2) is 6.07. The van der Waals surface area contributed by atoms with Crippen LogP contribution < -0.4 is 10.6 Å². The number of hydrogen-bond acceptors (Lipinski definition) is 5. The van der Waals surface area contributed by atoms with Crippen molar-refractivity contribution >= 4 is 17.7 Å². The average molecular weight is 292 g/mol. The quantitative estimate of drug-likeness (QED) is 0.755. The van der Waals surface area contributed by atoms with Gasteiger partial charge in [0, 0.05) is 12.6 Å². The van der Waals surface area contributed by atoms with Crippen LogP contribution in [0, 0.1) is 5.41 Å². The molecular formula is C14H20N4O3. The standard InChI is InChI=1S/C14H20N4O3/c1-3-15-12(19)9-6-7-11(18-17-9)16-10-5-4-8-14(10,2)13(20)21/h6-7,10H,3-5,8H2,1-2H3,(H,15,19)(H,16,18)(H,20,21). The summed E-state index contributed by atoms with van der Waals surface area (Å²) >= 11 is 0. The highest BCUT2D eigenvalue weighted by Crippen LogP contribution is 2.39. The number of nitrogens with zero attached hydrogens (tertiary/aromatic N) is 2. The zero-order valence-corrected chi connectivity index (χ0v) is 12.2. The minimum atomic E-state index is -0.801. The van der Waals surface area contributed by atoms with E-state index in [2.05, 4.69) is 20.8 Å². The van der Waals surface area contributed by atoms with E-state index in [4.69, 9.17) is 0 Å². The van der Waals surface area contributed by atoms with Crippen LogP contribution in [0.3, 0.4) is 0 Å². The number of carbonyl (C=O) groups excluding carboxylic acids is 1. The molecule has 1 fully saturated rings. The van der Waals surface area contributed by atoms with Crippen molar-refractivity contribution < 1.29 is 14.7 Å². The average Bonchev–Trinajstić information content (AvgIpc) is 2.83. The number of anilines is 1. The van der Waals surface area contributed by atoms with Gasteiger partial charge in [0.2, 0.25) is 0 Å². The van der Waals surface area contributed by atoms with Gasteiger partial charge in [0.1, 0.15) is 5.82 Å². The van der Waals surface area contributed by atoms with E-state index in [-0.39, 0.29) is 17.6 Å². The van der Waals surface area contributed by atoms with Crippen LogP contribution in [0.1, 0.15) is 43.6 Å². The summed E-state index contributed by atoms with van der Waals surface area (Å²) in [6, 6.07) is 3.05. The van der Waals surface area contributed by atoms with Crippen LogP contribution in [0.2, 0.25) is 0 Å². The first kappa shape index (κ1) is 15.2. The molecule has 1 heterocycles. The van der Waals surface area contributed by atoms with Crippen molar-refractivity contribution in [3.63, 3.8) is 0 Å². The second-order valence-corrected chi connectivity index (χ2v) is 5.48. The maximum Gasteiger partial charge on any atom is 0.311 e. The molecule has 2 rings (SSSR count). The van der Waals surface area contributed by atoms with Gasteiger partial charge in [-0.25, -0.2) is 0 Å². The fourth-order valence-electron chi connectivity index (χ4n) is 2.61. The van der Waals surface area contributed by atoms with Crippen molar-refractivity contribution in [2.24, 2.45) is 5.41 Å². The molecule has 1 aromatic rings. The molecule has 1 aliphatic rings. The zero-order chi connectivity index (χ0) is 15.5. The summed E-state index contributed by atoms with van der Waals surface area (Å²) in [5, 5.41) is 23.0. The van der Waals surface area contributed by atoms with Crippen LogP contribution in [0.4, 0.5) is 5.82 Å². The molecule has 0 bridgehead atoms. The molecule has 1 aromatic heterocycles. The summed E-state index contributed by atoms with van der Waals surface area (Å²) in [5.74, 6) is -0.584. The maximum atomic E-state index is 11.6. The Labute approximate surface area is 123 Å². The molecule has 0 aliphatic heterocycles. The summed E-state index contributed by atoms with van der Waals surface area (Å²) < 4.78 is 0. The fourth-order valence-corrected chi connectivity index (χ4v) is 2.61. The van der Waals surface area contributed by atoms with E-state index in [1.165, 1.54) is 0 Å². The number of aromatic nitrogens is 2. The van der Waals surface area contributed by atoms with Gasteiger partial charge in [0.15, 0.2) is 5.69 Å². The molecule has 1 amide bonds. The van der Waals surface area contributed by atoms with Gasteiger partial charge in [-0.05, 0) is 38.8 Å². The van der Waals surface area contributed by atoms with Gasteiger partial charge >= 0.3 is 5.97 Å². The van der Waals surface area contributed by atoms with E-state index in [1.54, 1.807) is 19.1 Å². The first-order valence-corrected chi connectivity index (χ1v) is 7.09. The highest BCUT2D eigenvalue weighted by Gasteiger charge is 2.45. The minimum absolute atomic E-state index is 0.181. The topological polar surface area (TPSA) is 104 Å². The first-order chi connectivity index (χ1) is 9.97. The predicted molar refractivity (Wildman–Crippen MR) is 77.0 cm³/mol. The Morgan fingerprint density at radius 1 is 1.43 bits per heavy atom. The van der Waals surface area contributed by atoms with Crippen LogP contribution in [-0.2, 0) is 4.79 Å². The van der Waals surface area contributed by atoms with Crippen LogP contribution in [-0.4, -0.2) is 39.8 Å². The Kier molecular flexibility index (Phi) is 4.40. The Morgan fingerprint density at radius 3 is 2.76 bits per heavy atom. The summed E-state index contributed by atoms with van der Waals surface area (Å²) in [6.07, 6.45) is 2.29. The molecule has 2 atom stereocenters. The van der Waals surface area contributed by atoms with Crippen molar-refractivity contribution in [1.29, 1.82) is 0 Å². The van der Waals surface area contributed by atoms with Gasteiger partial charge in [-0.1, -0.05) is 6.42 Å². The van der Waals surface area contributed by atoms with Gasteiger partial charge in [-0.2, -0.15) is 0 Å². The number of carboxylic acids is 1. The molecule has 2 unspecified atom stereocenters. The lowest BCUT2D eigenvalue weighted by Gasteiger charge is -2.27. The van der Waals surface area contributed by atoms with Crippen LogP contribution in [0.15, 0.2) is 12.1 Å². The lowest BCUT2D eigenvalue weighted by molar-refractivity contribution is -0.147. The molecule has 7 nitrogen and oxygen atoms in total. The SMILES string of the molecule is CCNC(=O)c1ccc(NC2CCCC2(C)C(=O)O)nn1. The zero-order valence-electron chi connectivity index (χ0n) is 12.2. The molecule has 0 spiro atoms. The smallest absolute Gasteiger partial charge is 0.311 e. The van der Waals surface area contributed by atoms with E-state index >= 15 is 0 Å². The highest BCUT2D eigenvalue weighted by atomic mass is 16.4. The largest absolute Gasteiger partial charge is 0.481 e. The van der Waals surface area contributed by atoms with Gasteiger partial charge in [-0.3, -0.25) is 9.59 Å². The fraction of sp³-hybridized carbons (Fsp3) is 0.571. The number of carbonyl (C=O) groups is 2.